The van der Waals surface area contributed by atoms with E-state index in [-0.39, 0.29) is 10.8 Å². The highest BCUT2D eigenvalue weighted by Crippen LogP contribution is 2.25. The first-order valence-electron chi connectivity index (χ1n) is 5.72. The number of halogens is 2. The van der Waals surface area contributed by atoms with Gasteiger partial charge in [0, 0.05) is 6.04 Å². The zero-order chi connectivity index (χ0) is 12.1. The minimum absolute atomic E-state index is 0.204. The summed E-state index contributed by atoms with van der Waals surface area (Å²) in [6.45, 7) is 4.30. The highest BCUT2D eigenvalue weighted by molar-refractivity contribution is 6.30. The Morgan fingerprint density at radius 3 is 2.62 bits per heavy atom. The highest BCUT2D eigenvalue weighted by atomic mass is 35.5. The Balaban J connectivity index is 2.85. The van der Waals surface area contributed by atoms with Crippen molar-refractivity contribution in [3.05, 3.63) is 34.6 Å². The molecule has 0 aliphatic carbocycles. The van der Waals surface area contributed by atoms with E-state index in [0.29, 0.717) is 12.0 Å². The van der Waals surface area contributed by atoms with Crippen molar-refractivity contribution < 1.29 is 4.39 Å². The maximum absolute atomic E-state index is 13.0. The molecule has 2 atom stereocenters. The van der Waals surface area contributed by atoms with Crippen LogP contribution in [0.15, 0.2) is 18.2 Å². The summed E-state index contributed by atoms with van der Waals surface area (Å²) in [5.74, 6) is -0.0165. The molecule has 3 heteroatoms. The standard InChI is InChI=1S/C13H19ClFN/c1-4-5-13(16-3)9(2)10-6-7-12(15)11(14)8-10/h6-9,13,16H,4-5H2,1-3H3. The van der Waals surface area contributed by atoms with Gasteiger partial charge in [-0.2, -0.15) is 0 Å². The van der Waals surface area contributed by atoms with Gasteiger partial charge in [0.15, 0.2) is 0 Å². The van der Waals surface area contributed by atoms with Crippen molar-refractivity contribution in [1.82, 2.24) is 5.32 Å². The van der Waals surface area contributed by atoms with Gasteiger partial charge >= 0.3 is 0 Å². The molecule has 1 rings (SSSR count). The third kappa shape index (κ3) is 3.19. The largest absolute Gasteiger partial charge is 0.316 e. The van der Waals surface area contributed by atoms with Crippen LogP contribution in [-0.4, -0.2) is 13.1 Å². The van der Waals surface area contributed by atoms with E-state index < -0.39 is 0 Å². The molecule has 0 spiro atoms. The summed E-state index contributed by atoms with van der Waals surface area (Å²) in [7, 11) is 1.96. The minimum atomic E-state index is -0.353. The predicted octanol–water partition coefficient (Wildman–Crippen LogP) is 3.97. The van der Waals surface area contributed by atoms with E-state index in [1.807, 2.05) is 13.1 Å². The SMILES string of the molecule is CCCC(NC)C(C)c1ccc(F)c(Cl)c1. The van der Waals surface area contributed by atoms with Crippen LogP contribution in [0.4, 0.5) is 4.39 Å². The Hall–Kier alpha value is -0.600. The number of hydrogen-bond acceptors (Lipinski definition) is 1. The van der Waals surface area contributed by atoms with Gasteiger partial charge in [0.1, 0.15) is 5.82 Å². The first-order valence-corrected chi connectivity index (χ1v) is 6.10. The number of nitrogens with one attached hydrogen (secondary N) is 1. The Morgan fingerprint density at radius 1 is 1.44 bits per heavy atom. The predicted molar refractivity (Wildman–Crippen MR) is 67.6 cm³/mol. The van der Waals surface area contributed by atoms with Crippen molar-refractivity contribution in [2.75, 3.05) is 7.05 Å². The van der Waals surface area contributed by atoms with Crippen LogP contribution in [0.1, 0.15) is 38.2 Å². The summed E-state index contributed by atoms with van der Waals surface area (Å²) in [5, 5.41) is 3.50. The van der Waals surface area contributed by atoms with Crippen LogP contribution in [0.5, 0.6) is 0 Å². The number of hydrogen-bond donors (Lipinski definition) is 1. The average molecular weight is 244 g/mol. The molecule has 0 aliphatic rings. The Morgan fingerprint density at radius 2 is 2.12 bits per heavy atom. The Kier molecular flexibility index (Phi) is 5.23. The van der Waals surface area contributed by atoms with E-state index in [2.05, 4.69) is 19.2 Å². The number of benzene rings is 1. The summed E-state index contributed by atoms with van der Waals surface area (Å²) in [6, 6.07) is 5.38. The molecule has 2 unspecified atom stereocenters. The second-order valence-electron chi connectivity index (χ2n) is 4.15. The molecular formula is C13H19ClFN. The lowest BCUT2D eigenvalue weighted by Gasteiger charge is -2.23. The molecule has 0 amide bonds. The molecule has 1 nitrogen and oxygen atoms in total. The van der Waals surface area contributed by atoms with Crippen LogP contribution < -0.4 is 5.32 Å². The fourth-order valence-electron chi connectivity index (χ4n) is 1.98. The molecule has 1 aromatic carbocycles. The van der Waals surface area contributed by atoms with Gasteiger partial charge in [0.2, 0.25) is 0 Å². The van der Waals surface area contributed by atoms with Crippen LogP contribution in [-0.2, 0) is 0 Å². The molecule has 0 aliphatic heterocycles. The van der Waals surface area contributed by atoms with Gasteiger partial charge in [-0.3, -0.25) is 0 Å². The second kappa shape index (κ2) is 6.21. The van der Waals surface area contributed by atoms with Crippen molar-refractivity contribution >= 4 is 11.6 Å². The van der Waals surface area contributed by atoms with E-state index in [9.17, 15) is 4.39 Å². The van der Waals surface area contributed by atoms with Gasteiger partial charge in [0.25, 0.3) is 0 Å². The van der Waals surface area contributed by atoms with Crippen LogP contribution in [0, 0.1) is 5.82 Å². The smallest absolute Gasteiger partial charge is 0.141 e. The summed E-state index contributed by atoms with van der Waals surface area (Å²) in [6.07, 6.45) is 2.23. The third-order valence-electron chi connectivity index (χ3n) is 3.04. The molecule has 1 N–H and O–H groups in total. The molecule has 0 aromatic heterocycles. The number of likely N-dealkylation sites (N-methyl/N-ethyl adjacent to an activating group) is 1. The van der Waals surface area contributed by atoms with Gasteiger partial charge < -0.3 is 5.32 Å². The quantitative estimate of drug-likeness (QED) is 0.825. The Labute approximate surface area is 102 Å². The van der Waals surface area contributed by atoms with Gasteiger partial charge in [-0.05, 0) is 37.1 Å². The average Bonchev–Trinajstić information content (AvgIpc) is 2.28. The van der Waals surface area contributed by atoms with Crippen LogP contribution in [0.25, 0.3) is 0 Å². The Bertz CT molecular complexity index is 341. The van der Waals surface area contributed by atoms with E-state index in [0.717, 1.165) is 18.4 Å². The zero-order valence-corrected chi connectivity index (χ0v) is 10.8. The molecule has 0 radical (unpaired) electrons. The molecule has 0 heterocycles. The topological polar surface area (TPSA) is 12.0 Å². The highest BCUT2D eigenvalue weighted by Gasteiger charge is 2.17. The zero-order valence-electron chi connectivity index (χ0n) is 10.1. The summed E-state index contributed by atoms with van der Waals surface area (Å²) in [5.41, 5.74) is 1.08. The van der Waals surface area contributed by atoms with Gasteiger partial charge in [0.05, 0.1) is 5.02 Å². The maximum Gasteiger partial charge on any atom is 0.141 e. The van der Waals surface area contributed by atoms with Crippen molar-refractivity contribution in [3.63, 3.8) is 0 Å². The molecule has 0 saturated carbocycles. The van der Waals surface area contributed by atoms with Gasteiger partial charge in [-0.1, -0.05) is 37.9 Å². The van der Waals surface area contributed by atoms with Gasteiger partial charge in [-0.15, -0.1) is 0 Å². The second-order valence-corrected chi connectivity index (χ2v) is 4.55. The monoisotopic (exact) mass is 243 g/mol. The van der Waals surface area contributed by atoms with Crippen LogP contribution in [0.2, 0.25) is 5.02 Å². The normalized spacial score (nSPS) is 14.8. The molecule has 90 valence electrons. The molecule has 0 bridgehead atoms. The van der Waals surface area contributed by atoms with Crippen molar-refractivity contribution in [2.24, 2.45) is 0 Å². The van der Waals surface area contributed by atoms with Crippen molar-refractivity contribution in [1.29, 1.82) is 0 Å². The van der Waals surface area contributed by atoms with E-state index in [1.54, 1.807) is 6.07 Å². The molecule has 1 aromatic rings. The lowest BCUT2D eigenvalue weighted by Crippen LogP contribution is -2.30. The minimum Gasteiger partial charge on any atom is -0.316 e. The third-order valence-corrected chi connectivity index (χ3v) is 3.33. The van der Waals surface area contributed by atoms with Crippen molar-refractivity contribution in [2.45, 2.75) is 38.6 Å². The lowest BCUT2D eigenvalue weighted by molar-refractivity contribution is 0.451. The fraction of sp³-hybridized carbons (Fsp3) is 0.538. The summed E-state index contributed by atoms with van der Waals surface area (Å²) in [4.78, 5) is 0. The first-order chi connectivity index (χ1) is 7.60. The maximum atomic E-state index is 13.0. The lowest BCUT2D eigenvalue weighted by atomic mass is 9.90. The van der Waals surface area contributed by atoms with Crippen LogP contribution >= 0.6 is 11.6 Å². The van der Waals surface area contributed by atoms with E-state index >= 15 is 0 Å². The van der Waals surface area contributed by atoms with E-state index in [1.165, 1.54) is 6.07 Å². The summed E-state index contributed by atoms with van der Waals surface area (Å²) >= 11 is 5.79. The number of rotatable bonds is 5. The molecule has 0 saturated heterocycles. The van der Waals surface area contributed by atoms with Crippen LogP contribution in [0.3, 0.4) is 0 Å². The first kappa shape index (κ1) is 13.5. The summed E-state index contributed by atoms with van der Waals surface area (Å²) < 4.78 is 13.0. The molecular weight excluding hydrogens is 225 g/mol. The molecule has 0 fully saturated rings. The van der Waals surface area contributed by atoms with Gasteiger partial charge in [-0.25, -0.2) is 4.39 Å². The fourth-order valence-corrected chi connectivity index (χ4v) is 2.17. The molecule has 16 heavy (non-hydrogen) atoms. The van der Waals surface area contributed by atoms with E-state index in [4.69, 9.17) is 11.6 Å². The van der Waals surface area contributed by atoms with Crippen molar-refractivity contribution in [3.8, 4) is 0 Å².